The van der Waals surface area contributed by atoms with Crippen LogP contribution in [0.15, 0.2) is 24.3 Å². The SMILES string of the molecule is [Li][c]1ccc(O[Si](C)(C)C)cc1. The fourth-order valence-corrected chi connectivity index (χ4v) is 1.80. The van der Waals surface area contributed by atoms with Gasteiger partial charge in [0, 0.05) is 0 Å². The van der Waals surface area contributed by atoms with Crippen LogP contribution in [-0.2, 0) is 0 Å². The van der Waals surface area contributed by atoms with Gasteiger partial charge in [-0.15, -0.1) is 0 Å². The summed E-state index contributed by atoms with van der Waals surface area (Å²) < 4.78 is 7.07. The second-order valence-corrected chi connectivity index (χ2v) is 8.46. The van der Waals surface area contributed by atoms with Crippen LogP contribution in [0.25, 0.3) is 0 Å². The van der Waals surface area contributed by atoms with Crippen molar-refractivity contribution in [3.63, 3.8) is 0 Å². The van der Waals surface area contributed by atoms with E-state index < -0.39 is 8.32 Å². The number of hydrogen-bond acceptors (Lipinski definition) is 1. The summed E-state index contributed by atoms with van der Waals surface area (Å²) in [4.78, 5) is 0. The topological polar surface area (TPSA) is 9.23 Å². The quantitative estimate of drug-likeness (QED) is 0.617. The molecule has 0 aliphatic heterocycles. The predicted molar refractivity (Wildman–Crippen MR) is 55.8 cm³/mol. The molecule has 0 radical (unpaired) electrons. The minimum absolute atomic E-state index is 1.000. The van der Waals surface area contributed by atoms with Crippen molar-refractivity contribution in [1.82, 2.24) is 0 Å². The second kappa shape index (κ2) is 3.70. The standard InChI is InChI=1S/C9H13OSi.Li/c1-11(2,3)10-9-7-5-4-6-8-9;/h5-8H,1-3H3;. The first-order valence-electron chi connectivity index (χ1n) is 4.23. The van der Waals surface area contributed by atoms with Crippen LogP contribution in [0.2, 0.25) is 19.6 Å². The Bertz CT molecular complexity index is 250. The van der Waals surface area contributed by atoms with Crippen LogP contribution >= 0.6 is 0 Å². The Morgan fingerprint density at radius 3 is 2.00 bits per heavy atom. The molecular formula is C9H13LiOSi. The summed E-state index contributed by atoms with van der Waals surface area (Å²) in [5.41, 5.74) is 0. The maximum absolute atomic E-state index is 5.80. The summed E-state index contributed by atoms with van der Waals surface area (Å²) in [7, 11) is -1.42. The van der Waals surface area contributed by atoms with Gasteiger partial charge in [-0.25, -0.2) is 0 Å². The molecule has 12 heavy (non-hydrogen) atoms. The Balaban J connectivity index is 2.71. The molecule has 0 bridgehead atoms. The average molecular weight is 172 g/mol. The third-order valence-electron chi connectivity index (χ3n) is 1.45. The molecule has 60 valence electrons. The summed E-state index contributed by atoms with van der Waals surface area (Å²) in [6.07, 6.45) is 0. The van der Waals surface area contributed by atoms with Gasteiger partial charge in [0.05, 0.1) is 0 Å². The van der Waals surface area contributed by atoms with Gasteiger partial charge in [0.25, 0.3) is 0 Å². The van der Waals surface area contributed by atoms with E-state index in [0.29, 0.717) is 0 Å². The van der Waals surface area contributed by atoms with Crippen LogP contribution in [0.3, 0.4) is 0 Å². The minimum atomic E-state index is -1.42. The molecule has 0 atom stereocenters. The first kappa shape index (κ1) is 9.92. The van der Waals surface area contributed by atoms with Crippen molar-refractivity contribution in [3.8, 4) is 5.75 Å². The van der Waals surface area contributed by atoms with Crippen molar-refractivity contribution >= 4 is 30.3 Å². The molecule has 0 aliphatic rings. The van der Waals surface area contributed by atoms with Gasteiger partial charge in [0.2, 0.25) is 0 Å². The van der Waals surface area contributed by atoms with Gasteiger partial charge < -0.3 is 0 Å². The molecule has 0 saturated heterocycles. The van der Waals surface area contributed by atoms with E-state index in [1.165, 1.54) is 4.24 Å². The third kappa shape index (κ3) is 3.49. The molecule has 1 nitrogen and oxygen atoms in total. The van der Waals surface area contributed by atoms with E-state index in [4.69, 9.17) is 4.43 Å². The van der Waals surface area contributed by atoms with Crippen LogP contribution in [0.5, 0.6) is 5.75 Å². The normalized spacial score (nSPS) is 11.4. The average Bonchev–Trinajstić information content (AvgIpc) is 1.91. The summed E-state index contributed by atoms with van der Waals surface area (Å²) in [5.74, 6) is 1.000. The molecule has 0 aromatic heterocycles. The van der Waals surface area contributed by atoms with Crippen molar-refractivity contribution in [3.05, 3.63) is 24.3 Å². The van der Waals surface area contributed by atoms with Gasteiger partial charge in [-0.3, -0.25) is 0 Å². The summed E-state index contributed by atoms with van der Waals surface area (Å²) in [5, 5.41) is 0. The molecule has 1 rings (SSSR count). The Morgan fingerprint density at radius 1 is 1.08 bits per heavy atom. The Hall–Kier alpha value is -0.166. The zero-order valence-electron chi connectivity index (χ0n) is 8.22. The molecule has 0 aliphatic carbocycles. The number of benzene rings is 1. The Morgan fingerprint density at radius 2 is 1.58 bits per heavy atom. The van der Waals surface area contributed by atoms with Crippen molar-refractivity contribution < 1.29 is 4.43 Å². The molecule has 0 unspecified atom stereocenters. The molecule has 0 fully saturated rings. The van der Waals surface area contributed by atoms with E-state index in [9.17, 15) is 0 Å². The van der Waals surface area contributed by atoms with Gasteiger partial charge in [0.1, 0.15) is 0 Å². The van der Waals surface area contributed by atoms with E-state index >= 15 is 0 Å². The predicted octanol–water partition coefficient (Wildman–Crippen LogP) is 1.69. The molecule has 1 aromatic rings. The molecular weight excluding hydrogens is 159 g/mol. The van der Waals surface area contributed by atoms with Crippen molar-refractivity contribution in [2.24, 2.45) is 0 Å². The van der Waals surface area contributed by atoms with Gasteiger partial charge in [0.15, 0.2) is 0 Å². The van der Waals surface area contributed by atoms with Crippen LogP contribution in [0, 0.1) is 0 Å². The van der Waals surface area contributed by atoms with Gasteiger partial charge in [-0.1, -0.05) is 0 Å². The van der Waals surface area contributed by atoms with E-state index in [1.54, 1.807) is 0 Å². The second-order valence-electron chi connectivity index (χ2n) is 4.03. The Kier molecular flexibility index (Phi) is 3.06. The van der Waals surface area contributed by atoms with Crippen LogP contribution in [0.4, 0.5) is 0 Å². The van der Waals surface area contributed by atoms with E-state index in [-0.39, 0.29) is 0 Å². The molecule has 0 N–H and O–H groups in total. The molecule has 1 aromatic carbocycles. The molecule has 0 amide bonds. The Labute approximate surface area is 84.5 Å². The van der Waals surface area contributed by atoms with Crippen LogP contribution in [0.1, 0.15) is 0 Å². The number of rotatable bonds is 2. The number of hydrogen-bond donors (Lipinski definition) is 0. The van der Waals surface area contributed by atoms with E-state index in [0.717, 1.165) is 5.75 Å². The van der Waals surface area contributed by atoms with Crippen LogP contribution < -0.4 is 8.66 Å². The third-order valence-corrected chi connectivity index (χ3v) is 2.29. The van der Waals surface area contributed by atoms with E-state index in [2.05, 4.69) is 49.5 Å². The first-order valence-corrected chi connectivity index (χ1v) is 7.64. The molecule has 3 heteroatoms. The molecule has 0 heterocycles. The zero-order chi connectivity index (χ0) is 9.19. The monoisotopic (exact) mass is 172 g/mol. The molecule has 0 spiro atoms. The first-order chi connectivity index (χ1) is 5.47. The van der Waals surface area contributed by atoms with Gasteiger partial charge in [-0.2, -0.15) is 0 Å². The summed E-state index contributed by atoms with van der Waals surface area (Å²) in [6.45, 7) is 6.56. The zero-order valence-corrected chi connectivity index (χ0v) is 9.22. The van der Waals surface area contributed by atoms with Crippen molar-refractivity contribution in [1.29, 1.82) is 0 Å². The fraction of sp³-hybridized carbons (Fsp3) is 0.333. The van der Waals surface area contributed by atoms with Gasteiger partial charge in [-0.05, 0) is 0 Å². The van der Waals surface area contributed by atoms with Crippen molar-refractivity contribution in [2.75, 3.05) is 0 Å². The molecule has 0 saturated carbocycles. The van der Waals surface area contributed by atoms with Gasteiger partial charge >= 0.3 is 84.4 Å². The summed E-state index contributed by atoms with van der Waals surface area (Å²) >= 11 is 2.08. The van der Waals surface area contributed by atoms with E-state index in [1.807, 2.05) is 12.1 Å². The maximum atomic E-state index is 5.80. The van der Waals surface area contributed by atoms with Crippen LogP contribution in [-0.4, -0.2) is 26.0 Å². The fourth-order valence-electron chi connectivity index (χ4n) is 0.960. The van der Waals surface area contributed by atoms with Crippen molar-refractivity contribution in [2.45, 2.75) is 19.6 Å². The summed E-state index contributed by atoms with van der Waals surface area (Å²) in [6, 6.07) is 8.23.